The molecule has 6 heteroatoms. The molecule has 0 N–H and O–H groups in total. The van der Waals surface area contributed by atoms with Crippen molar-refractivity contribution in [3.8, 4) is 40.2 Å². The van der Waals surface area contributed by atoms with Crippen molar-refractivity contribution in [2.24, 2.45) is 0 Å². The van der Waals surface area contributed by atoms with Gasteiger partial charge >= 0.3 is 8.60 Å². The molecule has 0 aliphatic carbocycles. The minimum absolute atomic E-state index is 0.650. The summed E-state index contributed by atoms with van der Waals surface area (Å²) in [6.07, 6.45) is 0. The lowest BCUT2D eigenvalue weighted by Crippen LogP contribution is -2.38. The molecule has 5 nitrogen and oxygen atoms in total. The topological polar surface area (TPSA) is 46.2 Å². The zero-order chi connectivity index (χ0) is 26.1. The average Bonchev–Trinajstić information content (AvgIpc) is 2.94. The third kappa shape index (κ3) is 3.11. The molecule has 1 spiro atoms. The van der Waals surface area contributed by atoms with Crippen LogP contribution in [0, 0.1) is 13.8 Å². The molecule has 0 bridgehead atoms. The summed E-state index contributed by atoms with van der Waals surface area (Å²) >= 11 is 0. The predicted molar refractivity (Wildman–Crippen MR) is 150 cm³/mol. The number of hydrogen-bond donors (Lipinski definition) is 0. The van der Waals surface area contributed by atoms with Crippen LogP contribution >= 0.6 is 8.60 Å². The highest BCUT2D eigenvalue weighted by atomic mass is 31.2. The van der Waals surface area contributed by atoms with Crippen LogP contribution in [0.25, 0.3) is 0 Å². The molecule has 8 rings (SSSR count). The van der Waals surface area contributed by atoms with E-state index >= 15 is 0 Å². The Balaban J connectivity index is 1.45. The minimum Gasteiger partial charge on any atom is -0.457 e. The molecule has 0 saturated heterocycles. The van der Waals surface area contributed by atoms with E-state index in [0.717, 1.165) is 62.1 Å². The van der Waals surface area contributed by atoms with Crippen LogP contribution in [-0.4, -0.2) is 0 Å². The predicted octanol–water partition coefficient (Wildman–Crippen LogP) is 8.97. The van der Waals surface area contributed by atoms with Crippen molar-refractivity contribution in [1.82, 2.24) is 0 Å². The van der Waals surface area contributed by atoms with E-state index in [0.29, 0.717) is 11.5 Å². The summed E-state index contributed by atoms with van der Waals surface area (Å²) < 4.78 is 32.9. The molecule has 5 aromatic carbocycles. The quantitative estimate of drug-likeness (QED) is 0.209. The molecule has 190 valence electrons. The third-order valence-electron chi connectivity index (χ3n) is 7.67. The minimum atomic E-state index is -1.87. The van der Waals surface area contributed by atoms with Crippen molar-refractivity contribution in [2.45, 2.75) is 19.3 Å². The van der Waals surface area contributed by atoms with Gasteiger partial charge < -0.3 is 23.0 Å². The normalized spacial score (nSPS) is 15.3. The Kier molecular flexibility index (Phi) is 4.77. The zero-order valence-electron chi connectivity index (χ0n) is 21.3. The molecular weight excluding hydrogens is 507 g/mol. The molecular formula is C33H23O5P. The monoisotopic (exact) mass is 530 g/mol. The summed E-state index contributed by atoms with van der Waals surface area (Å²) in [5.41, 5.74) is 5.07. The maximum absolute atomic E-state index is 6.67. The maximum Gasteiger partial charge on any atom is 0.530 e. The van der Waals surface area contributed by atoms with E-state index in [1.54, 1.807) is 0 Å². The van der Waals surface area contributed by atoms with Gasteiger partial charge in [-0.05, 0) is 61.4 Å². The number of para-hydroxylation sites is 3. The summed E-state index contributed by atoms with van der Waals surface area (Å²) in [6.45, 7) is 4.05. The highest BCUT2D eigenvalue weighted by molar-refractivity contribution is 7.43. The van der Waals surface area contributed by atoms with Gasteiger partial charge in [-0.25, -0.2) is 0 Å². The number of ether oxygens (including phenoxy) is 2. The number of benzene rings is 5. The van der Waals surface area contributed by atoms with Gasteiger partial charge in [0.15, 0.2) is 0 Å². The Hall–Kier alpha value is -4.47. The Bertz CT molecular complexity index is 1670. The van der Waals surface area contributed by atoms with Gasteiger partial charge in [0.25, 0.3) is 0 Å². The van der Waals surface area contributed by atoms with Crippen molar-refractivity contribution in [2.75, 3.05) is 0 Å². The van der Waals surface area contributed by atoms with E-state index in [9.17, 15) is 0 Å². The van der Waals surface area contributed by atoms with E-state index in [1.807, 2.05) is 105 Å². The van der Waals surface area contributed by atoms with E-state index in [-0.39, 0.29) is 0 Å². The van der Waals surface area contributed by atoms with Crippen LogP contribution in [0.15, 0.2) is 103 Å². The van der Waals surface area contributed by atoms with Gasteiger partial charge in [-0.3, -0.25) is 0 Å². The van der Waals surface area contributed by atoms with Gasteiger partial charge in [0, 0.05) is 11.1 Å². The van der Waals surface area contributed by atoms with Crippen LogP contribution < -0.4 is 23.0 Å². The summed E-state index contributed by atoms with van der Waals surface area (Å²) in [6, 6.07) is 34.2. The second-order valence-corrected chi connectivity index (χ2v) is 10.9. The SMILES string of the molecule is Cc1cccc(C)c1OP1Oc2cccc3c2C2(c4ccccc4O3)c3ccccc3Oc3cccc(c32)O1. The van der Waals surface area contributed by atoms with Crippen LogP contribution in [-0.2, 0) is 5.41 Å². The van der Waals surface area contributed by atoms with Gasteiger partial charge in [0.05, 0.1) is 16.5 Å². The number of fused-ring (bicyclic) bond motifs is 2. The van der Waals surface area contributed by atoms with E-state index < -0.39 is 14.0 Å². The fourth-order valence-corrected chi connectivity index (χ4v) is 7.27. The van der Waals surface area contributed by atoms with Gasteiger partial charge in [-0.1, -0.05) is 66.7 Å². The number of aryl methyl sites for hydroxylation is 2. The highest BCUT2D eigenvalue weighted by Gasteiger charge is 2.55. The van der Waals surface area contributed by atoms with Gasteiger partial charge in [-0.2, -0.15) is 0 Å². The lowest BCUT2D eigenvalue weighted by molar-refractivity contribution is 0.346. The van der Waals surface area contributed by atoms with E-state index in [4.69, 9.17) is 23.0 Å². The van der Waals surface area contributed by atoms with Gasteiger partial charge in [0.2, 0.25) is 0 Å². The van der Waals surface area contributed by atoms with Gasteiger partial charge in [-0.15, -0.1) is 0 Å². The summed E-state index contributed by atoms with van der Waals surface area (Å²) in [5, 5.41) is 0. The molecule has 5 aromatic rings. The van der Waals surface area contributed by atoms with Crippen LogP contribution in [0.1, 0.15) is 33.4 Å². The molecule has 0 saturated carbocycles. The largest absolute Gasteiger partial charge is 0.530 e. The Labute approximate surface area is 227 Å². The molecule has 3 heterocycles. The standard InChI is InChI=1S/C33H23O5P/c1-20-10-7-11-21(2)32(20)38-39-36-28-18-8-16-26-30(28)33(22-12-3-5-14-24(22)34-26)23-13-4-6-15-25(23)35-27-17-9-19-29(37-39)31(27)33/h3-19H,1-2H3. The van der Waals surface area contributed by atoms with Crippen molar-refractivity contribution < 1.29 is 23.0 Å². The Morgan fingerprint density at radius 1 is 0.513 bits per heavy atom. The van der Waals surface area contributed by atoms with Crippen LogP contribution in [0.2, 0.25) is 0 Å². The van der Waals surface area contributed by atoms with Crippen molar-refractivity contribution in [3.05, 3.63) is 137 Å². The first-order chi connectivity index (χ1) is 19.1. The third-order valence-corrected chi connectivity index (χ3v) is 8.69. The van der Waals surface area contributed by atoms with Crippen LogP contribution in [0.5, 0.6) is 40.2 Å². The summed E-state index contributed by atoms with van der Waals surface area (Å²) in [7, 11) is -1.87. The zero-order valence-corrected chi connectivity index (χ0v) is 22.2. The Morgan fingerprint density at radius 2 is 0.949 bits per heavy atom. The number of rotatable bonds is 2. The van der Waals surface area contributed by atoms with Crippen LogP contribution in [0.4, 0.5) is 0 Å². The van der Waals surface area contributed by atoms with E-state index in [1.165, 1.54) is 0 Å². The highest BCUT2D eigenvalue weighted by Crippen LogP contribution is 2.67. The first-order valence-corrected chi connectivity index (χ1v) is 14.0. The second kappa shape index (κ2) is 8.26. The molecule has 0 radical (unpaired) electrons. The lowest BCUT2D eigenvalue weighted by Gasteiger charge is -2.46. The molecule has 0 unspecified atom stereocenters. The summed E-state index contributed by atoms with van der Waals surface area (Å²) in [5.74, 6) is 5.09. The molecule has 39 heavy (non-hydrogen) atoms. The molecule has 0 amide bonds. The first kappa shape index (κ1) is 22.5. The van der Waals surface area contributed by atoms with Gasteiger partial charge in [0.1, 0.15) is 40.2 Å². The molecule has 3 aliphatic rings. The van der Waals surface area contributed by atoms with Crippen molar-refractivity contribution >= 4 is 8.60 Å². The lowest BCUT2D eigenvalue weighted by atomic mass is 9.62. The smallest absolute Gasteiger partial charge is 0.457 e. The van der Waals surface area contributed by atoms with Crippen molar-refractivity contribution in [1.29, 1.82) is 0 Å². The Morgan fingerprint density at radius 3 is 1.49 bits per heavy atom. The molecule has 0 fully saturated rings. The molecule has 0 atom stereocenters. The fourth-order valence-electron chi connectivity index (χ4n) is 6.09. The average molecular weight is 531 g/mol. The first-order valence-electron chi connectivity index (χ1n) is 12.9. The maximum atomic E-state index is 6.67. The second-order valence-electron chi connectivity index (χ2n) is 9.92. The number of hydrogen-bond acceptors (Lipinski definition) is 5. The van der Waals surface area contributed by atoms with Crippen molar-refractivity contribution in [3.63, 3.8) is 0 Å². The molecule has 0 aromatic heterocycles. The summed E-state index contributed by atoms with van der Waals surface area (Å²) in [4.78, 5) is 0. The fraction of sp³-hybridized carbons (Fsp3) is 0.0909. The van der Waals surface area contributed by atoms with Crippen LogP contribution in [0.3, 0.4) is 0 Å². The molecule has 3 aliphatic heterocycles. The van der Waals surface area contributed by atoms with E-state index in [2.05, 4.69) is 12.1 Å².